The Labute approximate surface area is 283 Å². The molecule has 15 unspecified atom stereocenters. The molecular weight excluding hydrogens is 564 g/mol. The molecule has 8 rings (SSSR count). The summed E-state index contributed by atoms with van der Waals surface area (Å²) < 4.78 is 23.2. The van der Waals surface area contributed by atoms with Crippen LogP contribution in [0.4, 0.5) is 0 Å². The Morgan fingerprint density at radius 2 is 1.15 bits per heavy atom. The normalized spacial score (nSPS) is 51.5. The van der Waals surface area contributed by atoms with E-state index in [9.17, 15) is 0 Å². The molecule has 15 atom stereocenters. The molecule has 3 heteroatoms. The maximum absolute atomic E-state index is 7.96. The van der Waals surface area contributed by atoms with Crippen molar-refractivity contribution in [3.63, 3.8) is 0 Å². The van der Waals surface area contributed by atoms with E-state index < -0.39 is 0 Å². The Kier molecular flexibility index (Phi) is 9.49. The summed E-state index contributed by atoms with van der Waals surface area (Å²) >= 11 is 0. The molecule has 46 heavy (non-hydrogen) atoms. The van der Waals surface area contributed by atoms with Crippen LogP contribution in [0.25, 0.3) is 0 Å². The van der Waals surface area contributed by atoms with E-state index in [-0.39, 0.29) is 5.79 Å². The van der Waals surface area contributed by atoms with Gasteiger partial charge >= 0.3 is 0 Å². The molecule has 6 aliphatic carbocycles. The first-order valence-electron chi connectivity index (χ1n) is 21.4. The first kappa shape index (κ1) is 33.0. The van der Waals surface area contributed by atoms with Crippen molar-refractivity contribution in [2.75, 3.05) is 0 Å². The minimum atomic E-state index is -0.361. The summed E-state index contributed by atoms with van der Waals surface area (Å²) in [6.45, 7) is 14.9. The molecule has 0 aromatic rings. The van der Waals surface area contributed by atoms with Gasteiger partial charge in [-0.05, 0) is 122 Å². The fourth-order valence-electron chi connectivity index (χ4n) is 15.3. The van der Waals surface area contributed by atoms with Crippen LogP contribution in [-0.4, -0.2) is 30.2 Å². The van der Waals surface area contributed by atoms with Crippen molar-refractivity contribution in [2.24, 2.45) is 82.9 Å². The Morgan fingerprint density at radius 3 is 1.80 bits per heavy atom. The minimum absolute atomic E-state index is 0.361. The molecular formula is C43H72O3. The molecule has 2 aliphatic heterocycles. The summed E-state index contributed by atoms with van der Waals surface area (Å²) in [7, 11) is 0. The summed E-state index contributed by atoms with van der Waals surface area (Å²) in [5.41, 5.74) is 0. The highest BCUT2D eigenvalue weighted by Crippen LogP contribution is 2.72. The van der Waals surface area contributed by atoms with Gasteiger partial charge in [0.05, 0.1) is 24.4 Å². The van der Waals surface area contributed by atoms with E-state index in [0.717, 1.165) is 65.6 Å². The third-order valence-corrected chi connectivity index (χ3v) is 17.1. The predicted octanol–water partition coefficient (Wildman–Crippen LogP) is 11.1. The van der Waals surface area contributed by atoms with Crippen molar-refractivity contribution >= 4 is 0 Å². The Bertz CT molecular complexity index is 1010. The van der Waals surface area contributed by atoms with Gasteiger partial charge in [-0.25, -0.2) is 0 Å². The van der Waals surface area contributed by atoms with Crippen molar-refractivity contribution < 1.29 is 14.2 Å². The molecule has 6 saturated carbocycles. The number of ether oxygens (including phenoxy) is 3. The fraction of sp³-hybridized carbons (Fsp3) is 1.00. The smallest absolute Gasteiger partial charge is 0.175 e. The second-order valence-corrected chi connectivity index (χ2v) is 18.8. The average Bonchev–Trinajstić information content (AvgIpc) is 3.59. The van der Waals surface area contributed by atoms with Crippen molar-refractivity contribution in [1.29, 1.82) is 0 Å². The number of hydrogen-bond acceptors (Lipinski definition) is 3. The number of fused-ring (bicyclic) bond motifs is 13. The topological polar surface area (TPSA) is 27.7 Å². The van der Waals surface area contributed by atoms with Crippen LogP contribution >= 0.6 is 0 Å². The SMILES string of the molecule is CCC(CC)C1CC(C(CC)CC)OC2(O1)C1CCC3OC4CCC5CCCCC5C4C3C1C1CC(C(C)C)C3CCCCC3C12. The Balaban J connectivity index is 1.25. The lowest BCUT2D eigenvalue weighted by Crippen LogP contribution is -2.61. The van der Waals surface area contributed by atoms with Crippen LogP contribution in [0, 0.1) is 82.9 Å². The highest BCUT2D eigenvalue weighted by molar-refractivity contribution is 5.18. The Morgan fingerprint density at radius 1 is 0.565 bits per heavy atom. The number of rotatable bonds is 7. The Hall–Kier alpha value is -0.120. The third kappa shape index (κ3) is 5.09. The van der Waals surface area contributed by atoms with Crippen LogP contribution in [0.1, 0.15) is 157 Å². The lowest BCUT2D eigenvalue weighted by Gasteiger charge is -2.57. The molecule has 0 amide bonds. The maximum Gasteiger partial charge on any atom is 0.175 e. The molecule has 2 saturated heterocycles. The van der Waals surface area contributed by atoms with E-state index in [4.69, 9.17) is 14.2 Å². The van der Waals surface area contributed by atoms with Gasteiger partial charge in [0.1, 0.15) is 0 Å². The van der Waals surface area contributed by atoms with Crippen LogP contribution < -0.4 is 0 Å². The highest BCUT2D eigenvalue weighted by Gasteiger charge is 2.73. The van der Waals surface area contributed by atoms with Gasteiger partial charge in [-0.2, -0.15) is 0 Å². The molecule has 262 valence electrons. The molecule has 8 aliphatic rings. The minimum Gasteiger partial charge on any atom is -0.374 e. The first-order valence-corrected chi connectivity index (χ1v) is 21.4. The van der Waals surface area contributed by atoms with Gasteiger partial charge in [-0.15, -0.1) is 0 Å². The molecule has 0 aromatic carbocycles. The van der Waals surface area contributed by atoms with Gasteiger partial charge in [-0.1, -0.05) is 99.3 Å². The van der Waals surface area contributed by atoms with Gasteiger partial charge in [0, 0.05) is 18.3 Å². The third-order valence-electron chi connectivity index (χ3n) is 17.1. The summed E-state index contributed by atoms with van der Waals surface area (Å²) in [6.07, 6.45) is 26.3. The van der Waals surface area contributed by atoms with E-state index in [1.165, 1.54) is 109 Å². The molecule has 8 fully saturated rings. The van der Waals surface area contributed by atoms with E-state index in [2.05, 4.69) is 41.5 Å². The summed E-state index contributed by atoms with van der Waals surface area (Å²) in [4.78, 5) is 0. The second kappa shape index (κ2) is 13.2. The van der Waals surface area contributed by atoms with Gasteiger partial charge < -0.3 is 14.2 Å². The molecule has 0 bridgehead atoms. The summed E-state index contributed by atoms with van der Waals surface area (Å²) in [6, 6.07) is 0. The van der Waals surface area contributed by atoms with E-state index in [1.54, 1.807) is 0 Å². The lowest BCUT2D eigenvalue weighted by molar-refractivity contribution is -0.378. The van der Waals surface area contributed by atoms with Crippen molar-refractivity contribution in [3.05, 3.63) is 0 Å². The zero-order valence-electron chi connectivity index (χ0n) is 30.8. The quantitative estimate of drug-likeness (QED) is 0.278. The van der Waals surface area contributed by atoms with E-state index in [1.807, 2.05) is 0 Å². The van der Waals surface area contributed by atoms with Crippen molar-refractivity contribution in [2.45, 2.75) is 187 Å². The second-order valence-electron chi connectivity index (χ2n) is 18.8. The fourth-order valence-corrected chi connectivity index (χ4v) is 15.3. The number of hydrogen-bond donors (Lipinski definition) is 0. The predicted molar refractivity (Wildman–Crippen MR) is 187 cm³/mol. The van der Waals surface area contributed by atoms with Crippen LogP contribution in [-0.2, 0) is 14.2 Å². The van der Waals surface area contributed by atoms with E-state index >= 15 is 0 Å². The average molecular weight is 637 g/mol. The standard InChI is InChI=1S/C43H72O3/c1-7-26(8-2)37-24-38(27(9-3)10-4)46-43(45-37)34-20-22-36-41(40-29-16-12-11-15-28(29)19-21-35(40)44-36)39(34)33-23-32(25(5)6)30-17-13-14-18-31(30)42(33)43/h25-42H,7-24H2,1-6H3. The van der Waals surface area contributed by atoms with Gasteiger partial charge in [0.25, 0.3) is 0 Å². The molecule has 3 nitrogen and oxygen atoms in total. The first-order chi connectivity index (χ1) is 22.4. The highest BCUT2D eigenvalue weighted by atomic mass is 16.7. The van der Waals surface area contributed by atoms with Crippen LogP contribution in [0.3, 0.4) is 0 Å². The zero-order valence-corrected chi connectivity index (χ0v) is 30.8. The zero-order chi connectivity index (χ0) is 31.7. The monoisotopic (exact) mass is 637 g/mol. The molecule has 0 N–H and O–H groups in total. The molecule has 0 radical (unpaired) electrons. The van der Waals surface area contributed by atoms with Crippen molar-refractivity contribution in [3.8, 4) is 0 Å². The molecule has 1 spiro atoms. The van der Waals surface area contributed by atoms with Crippen LogP contribution in [0.2, 0.25) is 0 Å². The largest absolute Gasteiger partial charge is 0.374 e. The van der Waals surface area contributed by atoms with E-state index in [0.29, 0.717) is 48.1 Å². The lowest BCUT2D eigenvalue weighted by atomic mass is 9.52. The van der Waals surface area contributed by atoms with Crippen LogP contribution in [0.15, 0.2) is 0 Å². The summed E-state index contributed by atoms with van der Waals surface area (Å²) in [5.74, 6) is 10.4. The van der Waals surface area contributed by atoms with Gasteiger partial charge in [-0.3, -0.25) is 0 Å². The van der Waals surface area contributed by atoms with Gasteiger partial charge in [0.15, 0.2) is 5.79 Å². The molecule has 2 heterocycles. The maximum atomic E-state index is 7.96. The summed E-state index contributed by atoms with van der Waals surface area (Å²) in [5, 5.41) is 0. The van der Waals surface area contributed by atoms with Crippen LogP contribution in [0.5, 0.6) is 0 Å². The van der Waals surface area contributed by atoms with Crippen molar-refractivity contribution in [1.82, 2.24) is 0 Å². The molecule has 0 aromatic heterocycles. The van der Waals surface area contributed by atoms with Gasteiger partial charge in [0.2, 0.25) is 0 Å².